The highest BCUT2D eigenvalue weighted by atomic mass is 19.4. The Morgan fingerprint density at radius 1 is 0.960 bits per heavy atom. The van der Waals surface area contributed by atoms with Crippen molar-refractivity contribution in [2.45, 2.75) is 44.2 Å². The SMILES string of the molecule is CCc1cccc(C)c1NC(=O)C(F)(F)C(F)(F)C(F)(F)C(F)(F)F. The van der Waals surface area contributed by atoms with E-state index in [1.807, 2.05) is 0 Å². The number of carbonyl (C=O) groups is 1. The fraction of sp³-hybridized carbons (Fsp3) is 0.500. The van der Waals surface area contributed by atoms with Crippen LogP contribution >= 0.6 is 0 Å². The Balaban J connectivity index is 3.29. The number of alkyl halides is 9. The molecule has 0 aliphatic carbocycles. The summed E-state index contributed by atoms with van der Waals surface area (Å²) in [6, 6.07) is 4.09. The normalized spacial score (nSPS) is 13.7. The summed E-state index contributed by atoms with van der Waals surface area (Å²) in [5, 5.41) is 1.33. The molecule has 1 aromatic carbocycles. The molecule has 0 aromatic heterocycles. The fourth-order valence-corrected chi connectivity index (χ4v) is 1.91. The number of halogens is 9. The maximum absolute atomic E-state index is 13.5. The maximum Gasteiger partial charge on any atom is 0.460 e. The molecule has 1 aromatic rings. The first kappa shape index (κ1) is 21.1. The molecule has 0 fully saturated rings. The summed E-state index contributed by atoms with van der Waals surface area (Å²) in [5.74, 6) is -23.4. The highest BCUT2D eigenvalue weighted by Gasteiger charge is 2.83. The second-order valence-electron chi connectivity index (χ2n) is 5.14. The van der Waals surface area contributed by atoms with Crippen LogP contribution in [0.4, 0.5) is 45.2 Å². The summed E-state index contributed by atoms with van der Waals surface area (Å²) in [7, 11) is 0. The van der Waals surface area contributed by atoms with Crippen LogP contribution in [-0.2, 0) is 11.2 Å². The van der Waals surface area contributed by atoms with Gasteiger partial charge in [-0.1, -0.05) is 25.1 Å². The maximum atomic E-state index is 13.5. The highest BCUT2D eigenvalue weighted by molar-refractivity contribution is 5.98. The van der Waals surface area contributed by atoms with Crippen molar-refractivity contribution in [1.82, 2.24) is 0 Å². The lowest BCUT2D eigenvalue weighted by atomic mass is 10.0. The van der Waals surface area contributed by atoms with Gasteiger partial charge in [-0.15, -0.1) is 0 Å². The number of benzene rings is 1. The summed E-state index contributed by atoms with van der Waals surface area (Å²) < 4.78 is 115. The van der Waals surface area contributed by atoms with Crippen molar-refractivity contribution in [1.29, 1.82) is 0 Å². The number of aryl methyl sites for hydroxylation is 2. The average Bonchev–Trinajstić information content (AvgIpc) is 2.47. The van der Waals surface area contributed by atoms with Crippen LogP contribution in [0.25, 0.3) is 0 Å². The van der Waals surface area contributed by atoms with Crippen molar-refractivity contribution < 1.29 is 44.3 Å². The first-order valence-corrected chi connectivity index (χ1v) is 6.71. The number of hydrogen-bond donors (Lipinski definition) is 1. The second-order valence-corrected chi connectivity index (χ2v) is 5.14. The number of para-hydroxylation sites is 1. The predicted molar refractivity (Wildman–Crippen MR) is 70.1 cm³/mol. The molecule has 142 valence electrons. The Labute approximate surface area is 136 Å². The van der Waals surface area contributed by atoms with Crippen LogP contribution in [0.5, 0.6) is 0 Å². The Hall–Kier alpha value is -1.94. The quantitative estimate of drug-likeness (QED) is 0.718. The average molecular weight is 381 g/mol. The molecule has 25 heavy (non-hydrogen) atoms. The number of rotatable bonds is 5. The summed E-state index contributed by atoms with van der Waals surface area (Å²) in [5.41, 5.74) is -0.0229. The molecule has 0 saturated carbocycles. The van der Waals surface area contributed by atoms with E-state index in [9.17, 15) is 44.3 Å². The van der Waals surface area contributed by atoms with Crippen molar-refractivity contribution >= 4 is 11.6 Å². The standard InChI is InChI=1S/C14H12F9NO/c1-3-8-6-4-5-7(2)9(8)24-10(25)11(15,16)12(17,18)13(19,20)14(21,22)23/h4-6H,3H2,1-2H3,(H,24,25). The zero-order valence-corrected chi connectivity index (χ0v) is 12.7. The number of amides is 1. The molecule has 0 bridgehead atoms. The summed E-state index contributed by atoms with van der Waals surface area (Å²) in [4.78, 5) is 11.4. The summed E-state index contributed by atoms with van der Waals surface area (Å²) in [6.45, 7) is 2.82. The monoisotopic (exact) mass is 381 g/mol. The number of anilines is 1. The lowest BCUT2D eigenvalue weighted by Gasteiger charge is -2.32. The van der Waals surface area contributed by atoms with Crippen LogP contribution in [0.2, 0.25) is 0 Å². The smallest absolute Gasteiger partial charge is 0.320 e. The van der Waals surface area contributed by atoms with E-state index in [-0.39, 0.29) is 23.2 Å². The lowest BCUT2D eigenvalue weighted by molar-refractivity contribution is -0.388. The molecule has 2 nitrogen and oxygen atoms in total. The number of hydrogen-bond acceptors (Lipinski definition) is 1. The fourth-order valence-electron chi connectivity index (χ4n) is 1.91. The van der Waals surface area contributed by atoms with Gasteiger partial charge >= 0.3 is 29.9 Å². The minimum Gasteiger partial charge on any atom is -0.320 e. The second kappa shape index (κ2) is 6.41. The highest BCUT2D eigenvalue weighted by Crippen LogP contribution is 2.53. The van der Waals surface area contributed by atoms with Gasteiger partial charge in [0.15, 0.2) is 0 Å². The minimum atomic E-state index is -7.11. The van der Waals surface area contributed by atoms with Gasteiger partial charge in [-0.25, -0.2) is 0 Å². The largest absolute Gasteiger partial charge is 0.460 e. The van der Waals surface area contributed by atoms with E-state index in [4.69, 9.17) is 0 Å². The van der Waals surface area contributed by atoms with E-state index in [0.29, 0.717) is 0 Å². The first-order valence-electron chi connectivity index (χ1n) is 6.71. The third-order valence-corrected chi connectivity index (χ3v) is 3.41. The topological polar surface area (TPSA) is 29.1 Å². The van der Waals surface area contributed by atoms with E-state index in [1.54, 1.807) is 0 Å². The van der Waals surface area contributed by atoms with E-state index in [2.05, 4.69) is 0 Å². The molecule has 1 N–H and O–H groups in total. The molecule has 11 heteroatoms. The molecular formula is C14H12F9NO. The Kier molecular flexibility index (Phi) is 5.41. The number of nitrogens with one attached hydrogen (secondary N) is 1. The third-order valence-electron chi connectivity index (χ3n) is 3.41. The van der Waals surface area contributed by atoms with E-state index in [1.165, 1.54) is 37.4 Å². The van der Waals surface area contributed by atoms with Gasteiger partial charge in [0.2, 0.25) is 0 Å². The van der Waals surface area contributed by atoms with Crippen LogP contribution < -0.4 is 5.32 Å². The van der Waals surface area contributed by atoms with Crippen molar-refractivity contribution in [3.63, 3.8) is 0 Å². The van der Waals surface area contributed by atoms with Gasteiger partial charge in [0.05, 0.1) is 0 Å². The lowest BCUT2D eigenvalue weighted by Crippen LogP contribution is -2.64. The van der Waals surface area contributed by atoms with Crippen molar-refractivity contribution in [3.8, 4) is 0 Å². The van der Waals surface area contributed by atoms with Crippen molar-refractivity contribution in [2.24, 2.45) is 0 Å². The van der Waals surface area contributed by atoms with Crippen LogP contribution in [0.3, 0.4) is 0 Å². The van der Waals surface area contributed by atoms with Crippen LogP contribution in [0.1, 0.15) is 18.1 Å². The summed E-state index contributed by atoms with van der Waals surface area (Å²) >= 11 is 0. The van der Waals surface area contributed by atoms with Gasteiger partial charge < -0.3 is 5.32 Å². The molecule has 1 amide bonds. The Morgan fingerprint density at radius 2 is 1.48 bits per heavy atom. The molecule has 0 atom stereocenters. The Bertz CT molecular complexity index is 652. The molecular weight excluding hydrogens is 369 g/mol. The molecule has 0 spiro atoms. The van der Waals surface area contributed by atoms with Crippen LogP contribution in [0, 0.1) is 6.92 Å². The van der Waals surface area contributed by atoms with Gasteiger partial charge in [0, 0.05) is 5.69 Å². The molecule has 0 aliphatic rings. The van der Waals surface area contributed by atoms with Gasteiger partial charge in [0.25, 0.3) is 0 Å². The number of carbonyl (C=O) groups excluding carboxylic acids is 1. The molecule has 0 radical (unpaired) electrons. The summed E-state index contributed by atoms with van der Waals surface area (Å²) in [6.07, 6.45) is -6.82. The minimum absolute atomic E-state index is 0.134. The van der Waals surface area contributed by atoms with Gasteiger partial charge in [-0.05, 0) is 24.5 Å². The van der Waals surface area contributed by atoms with E-state index >= 15 is 0 Å². The van der Waals surface area contributed by atoms with Crippen LogP contribution in [-0.4, -0.2) is 29.9 Å². The van der Waals surface area contributed by atoms with Gasteiger partial charge in [0.1, 0.15) is 0 Å². The molecule has 0 aliphatic heterocycles. The van der Waals surface area contributed by atoms with Gasteiger partial charge in [-0.3, -0.25) is 4.79 Å². The molecule has 1 rings (SSSR count). The van der Waals surface area contributed by atoms with E-state index < -0.39 is 29.9 Å². The molecule has 0 unspecified atom stereocenters. The zero-order chi connectivity index (χ0) is 19.8. The van der Waals surface area contributed by atoms with E-state index in [0.717, 1.165) is 0 Å². The molecule has 0 heterocycles. The third kappa shape index (κ3) is 3.40. The zero-order valence-electron chi connectivity index (χ0n) is 12.7. The van der Waals surface area contributed by atoms with Crippen molar-refractivity contribution in [3.05, 3.63) is 29.3 Å². The Morgan fingerprint density at radius 3 is 1.92 bits per heavy atom. The predicted octanol–water partition coefficient (Wildman–Crippen LogP) is 4.96. The molecule has 0 saturated heterocycles. The van der Waals surface area contributed by atoms with Crippen molar-refractivity contribution in [2.75, 3.05) is 5.32 Å². The van der Waals surface area contributed by atoms with Gasteiger partial charge in [-0.2, -0.15) is 39.5 Å². The van der Waals surface area contributed by atoms with Crippen LogP contribution in [0.15, 0.2) is 18.2 Å². The first-order chi connectivity index (χ1) is 11.1.